The van der Waals surface area contributed by atoms with E-state index in [1.165, 1.54) is 0 Å². The molecule has 0 rings (SSSR count). The van der Waals surface area contributed by atoms with Gasteiger partial charge in [-0.1, -0.05) is 0 Å². The molecule has 0 unspecified atom stereocenters. The maximum atomic E-state index is 7.81. The molecule has 1 nitrogen and oxygen atoms in total. The Hall–Kier alpha value is 3.06. The Morgan fingerprint density at radius 2 is 1.25 bits per heavy atom. The van der Waals surface area contributed by atoms with E-state index in [1.807, 2.05) is 0 Å². The van der Waals surface area contributed by atoms with Crippen LogP contribution in [0.3, 0.4) is 0 Å². The molecule has 0 N–H and O–H groups in total. The molecule has 4 radical (unpaired) electrons. The van der Waals surface area contributed by atoms with Crippen molar-refractivity contribution in [3.63, 3.8) is 0 Å². The Morgan fingerprint density at radius 1 is 1.25 bits per heavy atom. The van der Waals surface area contributed by atoms with Crippen LogP contribution in [0.4, 0.5) is 0 Å². The van der Waals surface area contributed by atoms with Crippen molar-refractivity contribution in [3.05, 3.63) is 0 Å². The number of hydrogen-bond donors (Lipinski definition) is 0. The molecule has 21 valence electrons. The topological polar surface area (TPSA) is 17.1 Å². The first-order valence-corrected chi connectivity index (χ1v) is 0.508. The van der Waals surface area contributed by atoms with E-state index in [1.54, 1.807) is 0 Å². The van der Waals surface area contributed by atoms with Gasteiger partial charge in [0.1, 0.15) is 0 Å². The average molecular weight is 207 g/mol. The number of hydrogen-bond acceptors (Lipinski definition) is 1. The monoisotopic (exact) mass is 207 g/mol. The van der Waals surface area contributed by atoms with Gasteiger partial charge in [-0.05, 0) is 0 Å². The Bertz CT molecular complexity index is 8.00. The molecule has 0 atom stereocenters. The minimum absolute atomic E-state index is 0. The first-order valence-electron chi connectivity index (χ1n) is 0.123. The first kappa shape index (κ1) is 15.7. The summed E-state index contributed by atoms with van der Waals surface area (Å²) in [7, 11) is 0. The van der Waals surface area contributed by atoms with Crippen LogP contribution in [-0.2, 0) is 19.8 Å². The second kappa shape index (κ2) is 16.6. The first-order chi connectivity index (χ1) is 1.00. The molecule has 0 aromatic rings. The van der Waals surface area contributed by atoms with Crippen molar-refractivity contribution in [1.29, 1.82) is 0 Å². The van der Waals surface area contributed by atoms with Crippen LogP contribution in [0.2, 0.25) is 0 Å². The molecular formula is CaCuOSr. The predicted molar refractivity (Wildman–Crippen MR) is 12.2 cm³/mol. The van der Waals surface area contributed by atoms with Crippen LogP contribution >= 0.6 is 0 Å². The molecule has 0 aromatic heterocycles. The quantitative estimate of drug-likeness (QED) is 0.471. The van der Waals surface area contributed by atoms with E-state index >= 15 is 0 Å². The van der Waals surface area contributed by atoms with Crippen LogP contribution in [-0.4, -0.2) is 83.2 Å². The van der Waals surface area contributed by atoms with E-state index in [0.29, 0.717) is 0 Å². The van der Waals surface area contributed by atoms with Gasteiger partial charge in [-0.15, -0.1) is 0 Å². The van der Waals surface area contributed by atoms with Gasteiger partial charge in [0.15, 0.2) is 0 Å². The van der Waals surface area contributed by atoms with E-state index in [4.69, 9.17) is 3.83 Å². The Morgan fingerprint density at radius 3 is 1.25 bits per heavy atom. The predicted octanol–water partition coefficient (Wildman–Crippen LogP) is -0.883. The fraction of sp³-hybridized carbons (Fsp3) is 0. The third-order valence-corrected chi connectivity index (χ3v) is 0. The van der Waals surface area contributed by atoms with Crippen LogP contribution < -0.4 is 0 Å². The molecular weight excluding hydrogens is 207 g/mol. The molecule has 0 amide bonds. The zero-order valence-electron chi connectivity index (χ0n) is 2.12. The molecule has 0 aliphatic rings. The van der Waals surface area contributed by atoms with Crippen LogP contribution in [0.25, 0.3) is 0 Å². The second-order valence-corrected chi connectivity index (χ2v) is 0. The summed E-state index contributed by atoms with van der Waals surface area (Å²) in [6, 6.07) is 0. The van der Waals surface area contributed by atoms with Crippen molar-refractivity contribution >= 4 is 83.2 Å². The van der Waals surface area contributed by atoms with Crippen molar-refractivity contribution in [1.82, 2.24) is 0 Å². The largest absolute Gasteiger partial charge is 0 e. The van der Waals surface area contributed by atoms with E-state index in [0.717, 1.165) is 0 Å². The van der Waals surface area contributed by atoms with Crippen molar-refractivity contribution in [2.24, 2.45) is 0 Å². The summed E-state index contributed by atoms with van der Waals surface area (Å²) in [6.45, 7) is 0. The molecule has 0 bridgehead atoms. The fourth-order valence-corrected chi connectivity index (χ4v) is 0. The molecule has 0 fully saturated rings. The second-order valence-electron chi connectivity index (χ2n) is 0. The summed E-state index contributed by atoms with van der Waals surface area (Å²) in [5, 5.41) is 0. The van der Waals surface area contributed by atoms with Crippen LogP contribution in [0.15, 0.2) is 0 Å². The van der Waals surface area contributed by atoms with E-state index in [-0.39, 0.29) is 83.2 Å². The maximum Gasteiger partial charge on any atom is 0 e. The Balaban J connectivity index is -0.00000000500. The van der Waals surface area contributed by atoms with E-state index < -0.39 is 0 Å². The molecule has 0 saturated heterocycles. The SMILES string of the molecule is [Ca].[O]=[Cu].[Sr]. The average Bonchev–Trinajstić information content (AvgIpc) is 1.00. The minimum Gasteiger partial charge on any atom is 0 e. The molecule has 0 aliphatic carbocycles. The molecule has 0 spiro atoms. The molecule has 4 heteroatoms. The summed E-state index contributed by atoms with van der Waals surface area (Å²) >= 11 is 2.94. The van der Waals surface area contributed by atoms with E-state index in [9.17, 15) is 0 Å². The summed E-state index contributed by atoms with van der Waals surface area (Å²) in [4.78, 5) is 0. The van der Waals surface area contributed by atoms with Crippen molar-refractivity contribution in [2.45, 2.75) is 0 Å². The third-order valence-electron chi connectivity index (χ3n) is 0. The molecule has 0 aliphatic heterocycles. The van der Waals surface area contributed by atoms with Gasteiger partial charge in [0.2, 0.25) is 0 Å². The summed E-state index contributed by atoms with van der Waals surface area (Å²) in [5.74, 6) is 0. The van der Waals surface area contributed by atoms with Gasteiger partial charge in [-0.25, -0.2) is 0 Å². The standard InChI is InChI=1S/Ca.Cu.O.Sr. The van der Waals surface area contributed by atoms with Gasteiger partial charge >= 0.3 is 19.8 Å². The van der Waals surface area contributed by atoms with Crippen LogP contribution in [0, 0.1) is 0 Å². The van der Waals surface area contributed by atoms with Crippen LogP contribution in [0.1, 0.15) is 0 Å². The molecule has 4 heavy (non-hydrogen) atoms. The van der Waals surface area contributed by atoms with Crippen LogP contribution in [0.5, 0.6) is 0 Å². The molecule has 0 saturated carbocycles. The van der Waals surface area contributed by atoms with E-state index in [2.05, 4.69) is 15.9 Å². The smallest absolute Gasteiger partial charge is 0 e. The molecule has 0 aromatic carbocycles. The third kappa shape index (κ3) is 8.91. The molecule has 0 heterocycles. The van der Waals surface area contributed by atoms with Crippen molar-refractivity contribution < 1.29 is 19.8 Å². The van der Waals surface area contributed by atoms with Gasteiger partial charge in [0, 0.05) is 83.2 Å². The summed E-state index contributed by atoms with van der Waals surface area (Å²) < 4.78 is 7.81. The van der Waals surface area contributed by atoms with Gasteiger partial charge in [0.25, 0.3) is 0 Å². The maximum absolute atomic E-state index is 7.81. The normalized spacial score (nSPS) is 1.50. The Labute approximate surface area is 100 Å². The Kier molecular flexibility index (Phi) is 65.2. The van der Waals surface area contributed by atoms with Gasteiger partial charge in [-0.2, -0.15) is 0 Å². The zero-order chi connectivity index (χ0) is 2.00. The van der Waals surface area contributed by atoms with Crippen molar-refractivity contribution in [2.75, 3.05) is 0 Å². The van der Waals surface area contributed by atoms with Gasteiger partial charge in [-0.3, -0.25) is 0 Å². The van der Waals surface area contributed by atoms with Crippen molar-refractivity contribution in [3.8, 4) is 0 Å². The minimum atomic E-state index is 0. The fourth-order valence-electron chi connectivity index (χ4n) is 0. The number of rotatable bonds is 0. The summed E-state index contributed by atoms with van der Waals surface area (Å²) in [5.41, 5.74) is 0. The van der Waals surface area contributed by atoms with Gasteiger partial charge < -0.3 is 0 Å². The zero-order valence-corrected chi connectivity index (χ0v) is 8.75. The summed E-state index contributed by atoms with van der Waals surface area (Å²) in [6.07, 6.45) is 0. The van der Waals surface area contributed by atoms with Gasteiger partial charge in [0.05, 0.1) is 0 Å².